The third-order valence-corrected chi connectivity index (χ3v) is 9.27. The Morgan fingerprint density at radius 2 is 1.39 bits per heavy atom. The second-order valence-corrected chi connectivity index (χ2v) is 10.7. The van der Waals surface area contributed by atoms with E-state index in [9.17, 15) is 16.8 Å². The number of hydrogen-bond donors (Lipinski definition) is 0. The minimum absolute atomic E-state index is 0.113. The molecule has 0 atom stereocenters. The molecule has 0 unspecified atom stereocenters. The first-order valence-electron chi connectivity index (χ1n) is 9.18. The lowest BCUT2D eigenvalue weighted by Crippen LogP contribution is -2.50. The van der Waals surface area contributed by atoms with Gasteiger partial charge in [0.2, 0.25) is 20.0 Å². The van der Waals surface area contributed by atoms with Crippen molar-refractivity contribution < 1.29 is 16.8 Å². The standard InChI is InChI=1S/C18H26N4O4S2/c1-5-16-6-8-17(9-7-16)27(23,24)21-10-12-22(13-11-21)28(25,26)18-14(2)19-20(4)15(18)3/h6-9H,5,10-13H2,1-4H3. The van der Waals surface area contributed by atoms with Crippen LogP contribution < -0.4 is 0 Å². The van der Waals surface area contributed by atoms with Crippen molar-refractivity contribution >= 4 is 20.0 Å². The Hall–Kier alpha value is -1.75. The van der Waals surface area contributed by atoms with Gasteiger partial charge in [-0.25, -0.2) is 16.8 Å². The summed E-state index contributed by atoms with van der Waals surface area (Å²) in [5.41, 5.74) is 2.09. The number of aryl methyl sites for hydroxylation is 3. The molecule has 154 valence electrons. The summed E-state index contributed by atoms with van der Waals surface area (Å²) in [6, 6.07) is 6.84. The number of nitrogens with zero attached hydrogens (tertiary/aromatic N) is 4. The van der Waals surface area contributed by atoms with Crippen LogP contribution in [0, 0.1) is 13.8 Å². The summed E-state index contributed by atoms with van der Waals surface area (Å²) in [6.45, 7) is 5.86. The Kier molecular flexibility index (Phi) is 5.68. The smallest absolute Gasteiger partial charge is 0.246 e. The predicted octanol–water partition coefficient (Wildman–Crippen LogP) is 1.29. The van der Waals surface area contributed by atoms with Crippen LogP contribution in [-0.2, 0) is 33.5 Å². The van der Waals surface area contributed by atoms with Crippen molar-refractivity contribution in [2.45, 2.75) is 37.0 Å². The molecule has 1 saturated heterocycles. The molecule has 1 aliphatic rings. The Labute approximate surface area is 166 Å². The molecule has 0 spiro atoms. The second kappa shape index (κ2) is 7.58. The van der Waals surface area contributed by atoms with Gasteiger partial charge in [-0.1, -0.05) is 19.1 Å². The molecule has 1 fully saturated rings. The van der Waals surface area contributed by atoms with Gasteiger partial charge in [-0.15, -0.1) is 0 Å². The second-order valence-electron chi connectivity index (χ2n) is 6.93. The van der Waals surface area contributed by atoms with E-state index in [-0.39, 0.29) is 36.0 Å². The lowest BCUT2D eigenvalue weighted by atomic mass is 10.2. The van der Waals surface area contributed by atoms with E-state index in [0.29, 0.717) is 11.4 Å². The maximum Gasteiger partial charge on any atom is 0.246 e. The van der Waals surface area contributed by atoms with Crippen LogP contribution in [-0.4, -0.2) is 61.4 Å². The number of piperazine rings is 1. The van der Waals surface area contributed by atoms with E-state index in [2.05, 4.69) is 5.10 Å². The zero-order chi connectivity index (χ0) is 20.7. The Bertz CT molecular complexity index is 1070. The zero-order valence-corrected chi connectivity index (χ0v) is 18.2. The van der Waals surface area contributed by atoms with Crippen LogP contribution in [0.5, 0.6) is 0 Å². The van der Waals surface area contributed by atoms with Crippen molar-refractivity contribution in [1.29, 1.82) is 0 Å². The number of hydrogen-bond acceptors (Lipinski definition) is 5. The van der Waals surface area contributed by atoms with Gasteiger partial charge in [-0.2, -0.15) is 13.7 Å². The Balaban J connectivity index is 1.78. The summed E-state index contributed by atoms with van der Waals surface area (Å²) in [5, 5.41) is 4.18. The first-order chi connectivity index (χ1) is 13.1. The van der Waals surface area contributed by atoms with Crippen LogP contribution in [0.15, 0.2) is 34.1 Å². The van der Waals surface area contributed by atoms with Gasteiger partial charge in [-0.3, -0.25) is 4.68 Å². The summed E-state index contributed by atoms with van der Waals surface area (Å²) >= 11 is 0. The summed E-state index contributed by atoms with van der Waals surface area (Å²) in [5.74, 6) is 0. The molecule has 0 amide bonds. The Morgan fingerprint density at radius 1 is 0.893 bits per heavy atom. The monoisotopic (exact) mass is 426 g/mol. The zero-order valence-electron chi connectivity index (χ0n) is 16.6. The van der Waals surface area contributed by atoms with Crippen molar-refractivity contribution in [3.05, 3.63) is 41.2 Å². The molecule has 0 aliphatic carbocycles. The average molecular weight is 427 g/mol. The third kappa shape index (κ3) is 3.61. The molecule has 2 heterocycles. The Morgan fingerprint density at radius 3 is 1.82 bits per heavy atom. The highest BCUT2D eigenvalue weighted by Gasteiger charge is 2.36. The number of benzene rings is 1. The number of sulfonamides is 2. The van der Waals surface area contributed by atoms with Crippen molar-refractivity contribution in [1.82, 2.24) is 18.4 Å². The minimum Gasteiger partial charge on any atom is -0.271 e. The highest BCUT2D eigenvalue weighted by molar-refractivity contribution is 7.89. The van der Waals surface area contributed by atoms with E-state index in [1.54, 1.807) is 37.7 Å². The average Bonchev–Trinajstić information content (AvgIpc) is 2.94. The molecular formula is C18H26N4O4S2. The van der Waals surface area contributed by atoms with Gasteiger partial charge in [0, 0.05) is 33.2 Å². The normalized spacial score (nSPS) is 17.1. The summed E-state index contributed by atoms with van der Waals surface area (Å²) in [7, 11) is -5.65. The van der Waals surface area contributed by atoms with Crippen molar-refractivity contribution in [3.8, 4) is 0 Å². The van der Waals surface area contributed by atoms with Crippen molar-refractivity contribution in [2.24, 2.45) is 7.05 Å². The molecule has 8 nitrogen and oxygen atoms in total. The first kappa shape index (κ1) is 21.0. The molecule has 28 heavy (non-hydrogen) atoms. The van der Waals surface area contributed by atoms with Gasteiger partial charge in [0.1, 0.15) is 4.90 Å². The van der Waals surface area contributed by atoms with Crippen molar-refractivity contribution in [3.63, 3.8) is 0 Å². The molecule has 1 aliphatic heterocycles. The topological polar surface area (TPSA) is 92.6 Å². The van der Waals surface area contributed by atoms with Gasteiger partial charge in [0.25, 0.3) is 0 Å². The van der Waals surface area contributed by atoms with Crippen LogP contribution in [0.2, 0.25) is 0 Å². The maximum atomic E-state index is 13.0. The summed E-state index contributed by atoms with van der Waals surface area (Å²) in [6.07, 6.45) is 0.837. The van der Waals surface area contributed by atoms with E-state index in [0.717, 1.165) is 12.0 Å². The van der Waals surface area contributed by atoms with Crippen LogP contribution >= 0.6 is 0 Å². The molecule has 0 bridgehead atoms. The van der Waals surface area contributed by atoms with Gasteiger partial charge in [0.05, 0.1) is 16.3 Å². The molecular weight excluding hydrogens is 400 g/mol. The largest absolute Gasteiger partial charge is 0.271 e. The first-order valence-corrected chi connectivity index (χ1v) is 12.1. The highest BCUT2D eigenvalue weighted by atomic mass is 32.2. The SMILES string of the molecule is CCc1ccc(S(=O)(=O)N2CCN(S(=O)(=O)c3c(C)nn(C)c3C)CC2)cc1. The fraction of sp³-hybridized carbons (Fsp3) is 0.500. The maximum absolute atomic E-state index is 13.0. The van der Waals surface area contributed by atoms with Gasteiger partial charge in [0.15, 0.2) is 0 Å². The molecule has 0 saturated carbocycles. The van der Waals surface area contributed by atoms with Gasteiger partial charge in [-0.05, 0) is 38.0 Å². The van der Waals surface area contributed by atoms with Gasteiger partial charge >= 0.3 is 0 Å². The van der Waals surface area contributed by atoms with Crippen LogP contribution in [0.25, 0.3) is 0 Å². The van der Waals surface area contributed by atoms with Crippen molar-refractivity contribution in [2.75, 3.05) is 26.2 Å². The molecule has 2 aromatic rings. The molecule has 10 heteroatoms. The molecule has 0 N–H and O–H groups in total. The van der Waals surface area contributed by atoms with Crippen LogP contribution in [0.4, 0.5) is 0 Å². The number of rotatable bonds is 5. The predicted molar refractivity (Wildman–Crippen MR) is 106 cm³/mol. The van der Waals surface area contributed by atoms with E-state index < -0.39 is 20.0 Å². The quantitative estimate of drug-likeness (QED) is 0.718. The van der Waals surface area contributed by atoms with Gasteiger partial charge < -0.3 is 0 Å². The summed E-state index contributed by atoms with van der Waals surface area (Å²) < 4.78 is 56.1. The molecule has 3 rings (SSSR count). The third-order valence-electron chi connectivity index (χ3n) is 5.21. The van der Waals surface area contributed by atoms with E-state index in [1.807, 2.05) is 19.1 Å². The van der Waals surface area contributed by atoms with E-state index in [1.165, 1.54) is 8.61 Å². The summed E-state index contributed by atoms with van der Waals surface area (Å²) in [4.78, 5) is 0.446. The molecule has 1 aromatic carbocycles. The fourth-order valence-corrected chi connectivity index (χ4v) is 6.70. The molecule has 1 aromatic heterocycles. The fourth-order valence-electron chi connectivity index (χ4n) is 3.45. The van der Waals surface area contributed by atoms with E-state index >= 15 is 0 Å². The highest BCUT2D eigenvalue weighted by Crippen LogP contribution is 2.25. The minimum atomic E-state index is -3.72. The van der Waals surface area contributed by atoms with Crippen LogP contribution in [0.1, 0.15) is 23.9 Å². The van der Waals surface area contributed by atoms with Crippen LogP contribution in [0.3, 0.4) is 0 Å². The lowest BCUT2D eigenvalue weighted by molar-refractivity contribution is 0.272. The lowest BCUT2D eigenvalue weighted by Gasteiger charge is -2.33. The molecule has 0 radical (unpaired) electrons. The van der Waals surface area contributed by atoms with E-state index in [4.69, 9.17) is 0 Å². The number of aromatic nitrogens is 2.